The smallest absolute Gasteiger partial charge is 0.257 e. The SMILES string of the molecule is CC(C)Cc1ccc(C=CC(=O)c2cccc3c2OC(N)(c2nn[nH]n2)CO3)cc1. The van der Waals surface area contributed by atoms with Gasteiger partial charge in [-0.3, -0.25) is 10.5 Å². The van der Waals surface area contributed by atoms with Crippen LogP contribution in [0.25, 0.3) is 6.08 Å². The number of fused-ring (bicyclic) bond motifs is 1. The molecule has 0 fully saturated rings. The molecule has 3 N–H and O–H groups in total. The molecular formula is C22H23N5O3. The molecule has 0 spiro atoms. The van der Waals surface area contributed by atoms with E-state index in [-0.39, 0.29) is 24.0 Å². The summed E-state index contributed by atoms with van der Waals surface area (Å²) in [5, 5.41) is 13.6. The Morgan fingerprint density at radius 2 is 2.07 bits per heavy atom. The van der Waals surface area contributed by atoms with Crippen molar-refractivity contribution >= 4 is 11.9 Å². The summed E-state index contributed by atoms with van der Waals surface area (Å²) >= 11 is 0. The van der Waals surface area contributed by atoms with Crippen LogP contribution in [0.1, 0.15) is 41.2 Å². The molecule has 2 heterocycles. The van der Waals surface area contributed by atoms with Gasteiger partial charge in [0.2, 0.25) is 5.82 Å². The molecule has 0 radical (unpaired) electrons. The maximum absolute atomic E-state index is 12.9. The number of nitrogens with two attached hydrogens (primary N) is 1. The highest BCUT2D eigenvalue weighted by Gasteiger charge is 2.41. The van der Waals surface area contributed by atoms with E-state index in [0.717, 1.165) is 12.0 Å². The molecule has 8 nitrogen and oxygen atoms in total. The predicted octanol–water partition coefficient (Wildman–Crippen LogP) is 2.88. The summed E-state index contributed by atoms with van der Waals surface area (Å²) in [5.41, 5.74) is 7.39. The van der Waals surface area contributed by atoms with Crippen molar-refractivity contribution in [3.8, 4) is 11.5 Å². The molecule has 0 bridgehead atoms. The lowest BCUT2D eigenvalue weighted by Gasteiger charge is -2.33. The molecule has 1 aliphatic heterocycles. The number of benzene rings is 2. The lowest BCUT2D eigenvalue weighted by atomic mass is 10.0. The van der Waals surface area contributed by atoms with Crippen molar-refractivity contribution in [1.82, 2.24) is 20.6 Å². The number of para-hydroxylation sites is 1. The molecule has 1 aliphatic rings. The average molecular weight is 405 g/mol. The average Bonchev–Trinajstić information content (AvgIpc) is 3.28. The van der Waals surface area contributed by atoms with E-state index in [9.17, 15) is 4.79 Å². The van der Waals surface area contributed by atoms with Crippen LogP contribution in [0.4, 0.5) is 0 Å². The third-order valence-corrected chi connectivity index (χ3v) is 4.75. The largest absolute Gasteiger partial charge is 0.483 e. The maximum Gasteiger partial charge on any atom is 0.257 e. The lowest BCUT2D eigenvalue weighted by molar-refractivity contribution is -0.0154. The van der Waals surface area contributed by atoms with Gasteiger partial charge >= 0.3 is 0 Å². The number of H-pyrrole nitrogens is 1. The van der Waals surface area contributed by atoms with Gasteiger partial charge in [-0.1, -0.05) is 50.3 Å². The fraction of sp³-hybridized carbons (Fsp3) is 0.273. The first kappa shape index (κ1) is 19.8. The summed E-state index contributed by atoms with van der Waals surface area (Å²) in [5.74, 6) is 1.22. The third-order valence-electron chi connectivity index (χ3n) is 4.75. The van der Waals surface area contributed by atoms with Crippen LogP contribution in [0.3, 0.4) is 0 Å². The highest BCUT2D eigenvalue weighted by Crippen LogP contribution is 2.39. The molecule has 2 aromatic carbocycles. The van der Waals surface area contributed by atoms with Gasteiger partial charge in [0, 0.05) is 0 Å². The summed E-state index contributed by atoms with van der Waals surface area (Å²) in [4.78, 5) is 12.9. The van der Waals surface area contributed by atoms with Crippen molar-refractivity contribution in [2.24, 2.45) is 11.7 Å². The monoisotopic (exact) mass is 405 g/mol. The molecule has 0 amide bonds. The number of allylic oxidation sites excluding steroid dienone is 1. The number of aromatic amines is 1. The van der Waals surface area contributed by atoms with E-state index in [4.69, 9.17) is 15.2 Å². The summed E-state index contributed by atoms with van der Waals surface area (Å²) in [7, 11) is 0. The number of carbonyl (C=O) groups excluding carboxylic acids is 1. The second-order valence-corrected chi connectivity index (χ2v) is 7.69. The number of tetrazole rings is 1. The Hall–Kier alpha value is -3.52. The number of aromatic nitrogens is 4. The predicted molar refractivity (Wildman–Crippen MR) is 111 cm³/mol. The molecule has 0 aliphatic carbocycles. The number of nitrogens with zero attached hydrogens (tertiary/aromatic N) is 3. The number of nitrogens with one attached hydrogen (secondary N) is 1. The first-order chi connectivity index (χ1) is 14.4. The summed E-state index contributed by atoms with van der Waals surface area (Å²) in [6.07, 6.45) is 4.31. The minimum Gasteiger partial charge on any atom is -0.483 e. The number of ether oxygens (including phenoxy) is 2. The second-order valence-electron chi connectivity index (χ2n) is 7.69. The molecule has 8 heteroatoms. The first-order valence-corrected chi connectivity index (χ1v) is 9.73. The zero-order valence-corrected chi connectivity index (χ0v) is 16.8. The summed E-state index contributed by atoms with van der Waals surface area (Å²) in [6, 6.07) is 13.3. The molecule has 30 heavy (non-hydrogen) atoms. The number of ketones is 1. The minimum absolute atomic E-state index is 0.00422. The quantitative estimate of drug-likeness (QED) is 0.478. The summed E-state index contributed by atoms with van der Waals surface area (Å²) in [6.45, 7) is 4.37. The first-order valence-electron chi connectivity index (χ1n) is 9.73. The number of carbonyl (C=O) groups is 1. The molecular weight excluding hydrogens is 382 g/mol. The van der Waals surface area contributed by atoms with Crippen LogP contribution >= 0.6 is 0 Å². The highest BCUT2D eigenvalue weighted by atomic mass is 16.6. The Bertz CT molecular complexity index is 1060. The van der Waals surface area contributed by atoms with Crippen molar-refractivity contribution < 1.29 is 14.3 Å². The third kappa shape index (κ3) is 4.08. The Balaban J connectivity index is 1.55. The molecule has 4 rings (SSSR count). The van der Waals surface area contributed by atoms with Crippen LogP contribution in [0, 0.1) is 5.92 Å². The number of rotatable bonds is 6. The van der Waals surface area contributed by atoms with E-state index in [1.54, 1.807) is 24.3 Å². The van der Waals surface area contributed by atoms with E-state index in [1.165, 1.54) is 11.6 Å². The van der Waals surface area contributed by atoms with Gasteiger partial charge in [0.05, 0.1) is 5.56 Å². The zero-order chi connectivity index (χ0) is 21.1. The molecule has 154 valence electrons. The van der Waals surface area contributed by atoms with Crippen molar-refractivity contribution in [2.45, 2.75) is 26.0 Å². The fourth-order valence-electron chi connectivity index (χ4n) is 3.27. The van der Waals surface area contributed by atoms with Gasteiger partial charge < -0.3 is 9.47 Å². The number of hydrogen-bond donors (Lipinski definition) is 2. The molecule has 1 unspecified atom stereocenters. The van der Waals surface area contributed by atoms with Gasteiger partial charge in [0.1, 0.15) is 6.61 Å². The van der Waals surface area contributed by atoms with E-state index >= 15 is 0 Å². The van der Waals surface area contributed by atoms with Crippen molar-refractivity contribution in [2.75, 3.05) is 6.61 Å². The normalized spacial score (nSPS) is 18.1. The van der Waals surface area contributed by atoms with Crippen LogP contribution in [-0.2, 0) is 12.1 Å². The van der Waals surface area contributed by atoms with Crippen molar-refractivity contribution in [3.05, 3.63) is 71.1 Å². The Labute approximate surface area is 174 Å². The van der Waals surface area contributed by atoms with E-state index < -0.39 is 5.72 Å². The van der Waals surface area contributed by atoms with Crippen LogP contribution in [0.2, 0.25) is 0 Å². The Kier molecular flexibility index (Phi) is 5.33. The number of hydrogen-bond acceptors (Lipinski definition) is 7. The summed E-state index contributed by atoms with van der Waals surface area (Å²) < 4.78 is 11.6. The van der Waals surface area contributed by atoms with Gasteiger partial charge in [-0.15, -0.1) is 10.2 Å². The van der Waals surface area contributed by atoms with Crippen LogP contribution in [0.5, 0.6) is 11.5 Å². The molecule has 3 aromatic rings. The van der Waals surface area contributed by atoms with E-state index in [1.807, 2.05) is 12.1 Å². The van der Waals surface area contributed by atoms with Crippen LogP contribution in [0.15, 0.2) is 48.5 Å². The van der Waals surface area contributed by atoms with Crippen LogP contribution < -0.4 is 15.2 Å². The Morgan fingerprint density at radius 1 is 1.27 bits per heavy atom. The molecule has 0 saturated heterocycles. The van der Waals surface area contributed by atoms with E-state index in [2.05, 4.69) is 46.6 Å². The topological polar surface area (TPSA) is 116 Å². The van der Waals surface area contributed by atoms with Gasteiger partial charge in [-0.2, -0.15) is 5.21 Å². The maximum atomic E-state index is 12.9. The van der Waals surface area contributed by atoms with Crippen LogP contribution in [-0.4, -0.2) is 33.0 Å². The fourth-order valence-corrected chi connectivity index (χ4v) is 3.27. The Morgan fingerprint density at radius 3 is 2.77 bits per heavy atom. The van der Waals surface area contributed by atoms with Gasteiger partial charge in [0.25, 0.3) is 5.72 Å². The standard InChI is InChI=1S/C22H23N5O3/c1-14(2)12-16-8-6-15(7-9-16)10-11-18(28)17-4-3-5-19-20(17)30-22(23,13-29-19)21-24-26-27-25-21/h3-11,14H,12-13,23H2,1-2H3,(H,24,25,26,27). The zero-order valence-electron chi connectivity index (χ0n) is 16.8. The molecule has 0 saturated carbocycles. The minimum atomic E-state index is -1.44. The van der Waals surface area contributed by atoms with Gasteiger partial charge in [-0.05, 0) is 46.9 Å². The van der Waals surface area contributed by atoms with Crippen molar-refractivity contribution in [1.29, 1.82) is 0 Å². The second kappa shape index (κ2) is 8.08. The molecule has 1 atom stereocenters. The van der Waals surface area contributed by atoms with E-state index in [0.29, 0.717) is 17.2 Å². The lowest BCUT2D eigenvalue weighted by Crippen LogP contribution is -2.51. The van der Waals surface area contributed by atoms with Crippen molar-refractivity contribution in [3.63, 3.8) is 0 Å². The molecule has 1 aromatic heterocycles. The van der Waals surface area contributed by atoms with Gasteiger partial charge in [0.15, 0.2) is 17.3 Å². The highest BCUT2D eigenvalue weighted by molar-refractivity contribution is 6.09. The van der Waals surface area contributed by atoms with Gasteiger partial charge in [-0.25, -0.2) is 0 Å².